The van der Waals surface area contributed by atoms with Gasteiger partial charge in [0, 0.05) is 30.6 Å². The summed E-state index contributed by atoms with van der Waals surface area (Å²) in [5, 5.41) is 7.90. The molecule has 5 nitrogen and oxygen atoms in total. The van der Waals surface area contributed by atoms with E-state index in [4.69, 9.17) is 4.74 Å². The van der Waals surface area contributed by atoms with Gasteiger partial charge in [-0.15, -0.1) is 11.3 Å². The average molecular weight is 227 g/mol. The number of amides is 2. The molecule has 1 atom stereocenters. The third-order valence-electron chi connectivity index (χ3n) is 2.23. The van der Waals surface area contributed by atoms with E-state index in [2.05, 4.69) is 15.6 Å². The Balaban J connectivity index is 1.68. The molecule has 1 aliphatic rings. The number of nitrogens with zero attached hydrogens (tertiary/aromatic N) is 1. The van der Waals surface area contributed by atoms with E-state index in [1.54, 1.807) is 6.20 Å². The molecule has 2 rings (SSSR count). The van der Waals surface area contributed by atoms with Gasteiger partial charge < -0.3 is 10.1 Å². The van der Waals surface area contributed by atoms with Gasteiger partial charge in [-0.05, 0) is 6.42 Å². The minimum Gasteiger partial charge on any atom is -0.381 e. The summed E-state index contributed by atoms with van der Waals surface area (Å²) in [6.45, 7) is 2.22. The van der Waals surface area contributed by atoms with Gasteiger partial charge in [0.25, 0.3) is 0 Å². The lowest BCUT2D eigenvalue weighted by Crippen LogP contribution is -2.33. The first-order valence-corrected chi connectivity index (χ1v) is 5.74. The van der Waals surface area contributed by atoms with E-state index in [1.165, 1.54) is 11.3 Å². The Morgan fingerprint density at radius 3 is 3.33 bits per heavy atom. The number of aromatic nitrogens is 1. The SMILES string of the molecule is O=C(NC[C@H]1CCOC1)Nc1nccs1. The Morgan fingerprint density at radius 1 is 1.73 bits per heavy atom. The lowest BCUT2D eigenvalue weighted by molar-refractivity contribution is 0.185. The van der Waals surface area contributed by atoms with Crippen LogP contribution >= 0.6 is 11.3 Å². The van der Waals surface area contributed by atoms with E-state index >= 15 is 0 Å². The van der Waals surface area contributed by atoms with Gasteiger partial charge in [-0.25, -0.2) is 9.78 Å². The molecule has 0 aromatic carbocycles. The van der Waals surface area contributed by atoms with Crippen molar-refractivity contribution in [1.29, 1.82) is 0 Å². The highest BCUT2D eigenvalue weighted by Crippen LogP contribution is 2.11. The van der Waals surface area contributed by atoms with Crippen LogP contribution in [0.4, 0.5) is 9.93 Å². The van der Waals surface area contributed by atoms with Crippen LogP contribution in [0.25, 0.3) is 0 Å². The number of ether oxygens (including phenoxy) is 1. The van der Waals surface area contributed by atoms with Crippen molar-refractivity contribution < 1.29 is 9.53 Å². The second kappa shape index (κ2) is 5.09. The molecule has 0 saturated carbocycles. The zero-order chi connectivity index (χ0) is 10.5. The van der Waals surface area contributed by atoms with Gasteiger partial charge >= 0.3 is 6.03 Å². The van der Waals surface area contributed by atoms with Crippen molar-refractivity contribution in [1.82, 2.24) is 10.3 Å². The third kappa shape index (κ3) is 3.17. The maximum Gasteiger partial charge on any atom is 0.321 e. The molecule has 2 amide bonds. The minimum absolute atomic E-state index is 0.197. The number of nitrogens with one attached hydrogen (secondary N) is 2. The molecule has 0 bridgehead atoms. The van der Waals surface area contributed by atoms with E-state index < -0.39 is 0 Å². The summed E-state index contributed by atoms with van der Waals surface area (Å²) >= 11 is 1.40. The molecule has 0 aliphatic carbocycles. The third-order valence-corrected chi connectivity index (χ3v) is 2.92. The highest BCUT2D eigenvalue weighted by atomic mass is 32.1. The molecule has 0 unspecified atom stereocenters. The topological polar surface area (TPSA) is 63.2 Å². The van der Waals surface area contributed by atoms with Gasteiger partial charge in [-0.1, -0.05) is 0 Å². The Labute approximate surface area is 91.9 Å². The lowest BCUT2D eigenvalue weighted by Gasteiger charge is -2.09. The van der Waals surface area contributed by atoms with Gasteiger partial charge in [0.1, 0.15) is 0 Å². The number of hydrogen-bond donors (Lipinski definition) is 2. The Morgan fingerprint density at radius 2 is 2.67 bits per heavy atom. The van der Waals surface area contributed by atoms with Crippen molar-refractivity contribution in [3.8, 4) is 0 Å². The van der Waals surface area contributed by atoms with E-state index in [0.717, 1.165) is 19.6 Å². The summed E-state index contributed by atoms with van der Waals surface area (Å²) < 4.78 is 5.21. The van der Waals surface area contributed by atoms with Gasteiger partial charge in [0.05, 0.1) is 6.61 Å². The number of carbonyl (C=O) groups excluding carboxylic acids is 1. The summed E-state index contributed by atoms with van der Waals surface area (Å²) in [4.78, 5) is 15.3. The summed E-state index contributed by atoms with van der Waals surface area (Å²) in [7, 11) is 0. The second-order valence-corrected chi connectivity index (χ2v) is 4.30. The first-order chi connectivity index (χ1) is 7.34. The molecule has 2 heterocycles. The summed E-state index contributed by atoms with van der Waals surface area (Å²) in [5.74, 6) is 0.451. The molecule has 1 aromatic rings. The van der Waals surface area contributed by atoms with Crippen molar-refractivity contribution in [2.75, 3.05) is 25.1 Å². The predicted octanol–water partition coefficient (Wildman–Crippen LogP) is 1.30. The zero-order valence-electron chi connectivity index (χ0n) is 8.23. The van der Waals surface area contributed by atoms with E-state index in [-0.39, 0.29) is 6.03 Å². The Bertz CT molecular complexity index is 309. The smallest absolute Gasteiger partial charge is 0.321 e. The van der Waals surface area contributed by atoms with Crippen molar-refractivity contribution in [3.63, 3.8) is 0 Å². The molecule has 1 aliphatic heterocycles. The number of carbonyl (C=O) groups is 1. The van der Waals surface area contributed by atoms with Crippen LogP contribution in [0.15, 0.2) is 11.6 Å². The van der Waals surface area contributed by atoms with Crippen LogP contribution in [-0.2, 0) is 4.74 Å². The normalized spacial score (nSPS) is 20.1. The van der Waals surface area contributed by atoms with Crippen molar-refractivity contribution in [2.24, 2.45) is 5.92 Å². The first-order valence-electron chi connectivity index (χ1n) is 4.86. The standard InChI is InChI=1S/C9H13N3O2S/c13-8(12-9-10-2-4-15-9)11-5-7-1-3-14-6-7/h2,4,7H,1,3,5-6H2,(H2,10,11,12,13)/t7-/m1/s1. The van der Waals surface area contributed by atoms with Gasteiger partial charge in [0.2, 0.25) is 0 Å². The maximum atomic E-state index is 11.4. The molecular formula is C9H13N3O2S. The monoisotopic (exact) mass is 227 g/mol. The van der Waals surface area contributed by atoms with Crippen LogP contribution in [0.1, 0.15) is 6.42 Å². The van der Waals surface area contributed by atoms with E-state index in [0.29, 0.717) is 17.6 Å². The fraction of sp³-hybridized carbons (Fsp3) is 0.556. The Kier molecular flexibility index (Phi) is 3.52. The highest BCUT2D eigenvalue weighted by Gasteiger charge is 2.16. The number of urea groups is 1. The summed E-state index contributed by atoms with van der Waals surface area (Å²) in [6.07, 6.45) is 2.68. The second-order valence-electron chi connectivity index (χ2n) is 3.40. The molecule has 0 radical (unpaired) electrons. The van der Waals surface area contributed by atoms with Crippen LogP contribution in [-0.4, -0.2) is 30.8 Å². The van der Waals surface area contributed by atoms with Crippen molar-refractivity contribution >= 4 is 22.5 Å². The first kappa shape index (κ1) is 10.4. The number of thiazole rings is 1. The van der Waals surface area contributed by atoms with E-state index in [9.17, 15) is 4.79 Å². The molecular weight excluding hydrogens is 214 g/mol. The fourth-order valence-electron chi connectivity index (χ4n) is 1.41. The van der Waals surface area contributed by atoms with Crippen LogP contribution in [0.5, 0.6) is 0 Å². The van der Waals surface area contributed by atoms with Crippen LogP contribution in [0.3, 0.4) is 0 Å². The van der Waals surface area contributed by atoms with Gasteiger partial charge in [-0.3, -0.25) is 5.32 Å². The van der Waals surface area contributed by atoms with E-state index in [1.807, 2.05) is 5.38 Å². The largest absolute Gasteiger partial charge is 0.381 e. The summed E-state index contributed by atoms with van der Waals surface area (Å²) in [6, 6.07) is -0.197. The molecule has 6 heteroatoms. The van der Waals surface area contributed by atoms with Gasteiger partial charge in [0.15, 0.2) is 5.13 Å². The number of anilines is 1. The Hall–Kier alpha value is -1.14. The minimum atomic E-state index is -0.197. The highest BCUT2D eigenvalue weighted by molar-refractivity contribution is 7.13. The molecule has 82 valence electrons. The number of rotatable bonds is 3. The lowest BCUT2D eigenvalue weighted by atomic mass is 10.1. The summed E-state index contributed by atoms with van der Waals surface area (Å²) in [5.41, 5.74) is 0. The van der Waals surface area contributed by atoms with Crippen LogP contribution < -0.4 is 10.6 Å². The molecule has 1 aromatic heterocycles. The predicted molar refractivity (Wildman–Crippen MR) is 58.1 cm³/mol. The van der Waals surface area contributed by atoms with Crippen LogP contribution in [0, 0.1) is 5.92 Å². The molecule has 2 N–H and O–H groups in total. The molecule has 0 spiro atoms. The molecule has 15 heavy (non-hydrogen) atoms. The van der Waals surface area contributed by atoms with Crippen molar-refractivity contribution in [3.05, 3.63) is 11.6 Å². The van der Waals surface area contributed by atoms with Crippen LogP contribution in [0.2, 0.25) is 0 Å². The quantitative estimate of drug-likeness (QED) is 0.818. The zero-order valence-corrected chi connectivity index (χ0v) is 9.05. The number of hydrogen-bond acceptors (Lipinski definition) is 4. The molecule has 1 saturated heterocycles. The fourth-order valence-corrected chi connectivity index (χ4v) is 1.93. The van der Waals surface area contributed by atoms with Crippen molar-refractivity contribution in [2.45, 2.75) is 6.42 Å². The van der Waals surface area contributed by atoms with Gasteiger partial charge in [-0.2, -0.15) is 0 Å². The maximum absolute atomic E-state index is 11.4. The molecule has 1 fully saturated rings. The average Bonchev–Trinajstić information content (AvgIpc) is 2.86.